The molecule has 0 fully saturated rings. The highest BCUT2D eigenvalue weighted by Gasteiger charge is 2.02. The van der Waals surface area contributed by atoms with Crippen LogP contribution in [0.15, 0.2) is 36.7 Å². The van der Waals surface area contributed by atoms with Crippen LogP contribution in [0.25, 0.3) is 0 Å². The van der Waals surface area contributed by atoms with Gasteiger partial charge >= 0.3 is 0 Å². The van der Waals surface area contributed by atoms with Gasteiger partial charge in [-0.1, -0.05) is 18.2 Å². The van der Waals surface area contributed by atoms with E-state index < -0.39 is 0 Å². The summed E-state index contributed by atoms with van der Waals surface area (Å²) < 4.78 is 18.6. The molecule has 1 aromatic carbocycles. The van der Waals surface area contributed by atoms with Crippen LogP contribution >= 0.6 is 11.6 Å². The fourth-order valence-corrected chi connectivity index (χ4v) is 1.39. The third-order valence-corrected chi connectivity index (χ3v) is 2.43. The first-order valence-corrected chi connectivity index (χ1v) is 5.56. The molecule has 0 aliphatic heterocycles. The number of rotatable bonds is 4. The van der Waals surface area contributed by atoms with E-state index >= 15 is 0 Å². The maximum Gasteiger partial charge on any atom is 0.232 e. The van der Waals surface area contributed by atoms with Crippen molar-refractivity contribution >= 4 is 11.6 Å². The molecule has 0 N–H and O–H groups in total. The summed E-state index contributed by atoms with van der Waals surface area (Å²) >= 11 is 5.58. The molecule has 0 radical (unpaired) electrons. The number of benzene rings is 1. The Kier molecular flexibility index (Phi) is 3.88. The first kappa shape index (κ1) is 11.8. The molecule has 3 nitrogen and oxygen atoms in total. The van der Waals surface area contributed by atoms with Gasteiger partial charge in [-0.3, -0.25) is 4.98 Å². The lowest BCUT2D eigenvalue weighted by Crippen LogP contribution is -2.00. The second-order valence-electron chi connectivity index (χ2n) is 3.36. The lowest BCUT2D eigenvalue weighted by atomic mass is 10.2. The number of ether oxygens (including phenoxy) is 1. The lowest BCUT2D eigenvalue weighted by Gasteiger charge is -2.05. The summed E-state index contributed by atoms with van der Waals surface area (Å²) in [7, 11) is 0. The Morgan fingerprint density at radius 2 is 2.00 bits per heavy atom. The quantitative estimate of drug-likeness (QED) is 0.785. The van der Waals surface area contributed by atoms with Crippen LogP contribution in [0.1, 0.15) is 11.3 Å². The first-order chi connectivity index (χ1) is 8.29. The highest BCUT2D eigenvalue weighted by atomic mass is 35.5. The van der Waals surface area contributed by atoms with E-state index in [-0.39, 0.29) is 12.4 Å². The molecule has 88 valence electrons. The monoisotopic (exact) mass is 252 g/mol. The molecule has 1 aromatic heterocycles. The van der Waals surface area contributed by atoms with Crippen molar-refractivity contribution in [1.29, 1.82) is 0 Å². The van der Waals surface area contributed by atoms with E-state index in [0.29, 0.717) is 23.0 Å². The van der Waals surface area contributed by atoms with Gasteiger partial charge in [-0.2, -0.15) is 0 Å². The summed E-state index contributed by atoms with van der Waals surface area (Å²) in [6.07, 6.45) is 3.00. The van der Waals surface area contributed by atoms with Gasteiger partial charge in [0.25, 0.3) is 0 Å². The molecule has 5 heteroatoms. The lowest BCUT2D eigenvalue weighted by molar-refractivity contribution is 0.286. The average Bonchev–Trinajstić information content (AvgIpc) is 2.38. The van der Waals surface area contributed by atoms with Gasteiger partial charge in [-0.05, 0) is 6.07 Å². The third-order valence-electron chi connectivity index (χ3n) is 2.15. The van der Waals surface area contributed by atoms with Gasteiger partial charge in [0.2, 0.25) is 5.88 Å². The van der Waals surface area contributed by atoms with Gasteiger partial charge in [-0.25, -0.2) is 9.37 Å². The van der Waals surface area contributed by atoms with E-state index in [4.69, 9.17) is 16.3 Å². The van der Waals surface area contributed by atoms with E-state index in [1.54, 1.807) is 18.2 Å². The molecule has 0 bridgehead atoms. The van der Waals surface area contributed by atoms with Gasteiger partial charge in [0, 0.05) is 5.56 Å². The summed E-state index contributed by atoms with van der Waals surface area (Å²) in [5, 5.41) is 0. The first-order valence-electron chi connectivity index (χ1n) is 5.02. The van der Waals surface area contributed by atoms with Gasteiger partial charge in [0.05, 0.1) is 24.0 Å². The molecule has 0 aliphatic rings. The third kappa shape index (κ3) is 3.14. The number of hydrogen-bond donors (Lipinski definition) is 0. The summed E-state index contributed by atoms with van der Waals surface area (Å²) in [6, 6.07) is 6.44. The number of halogens is 2. The Labute approximate surface area is 103 Å². The van der Waals surface area contributed by atoms with E-state index in [2.05, 4.69) is 9.97 Å². The smallest absolute Gasteiger partial charge is 0.232 e. The van der Waals surface area contributed by atoms with Gasteiger partial charge in [0.15, 0.2) is 0 Å². The van der Waals surface area contributed by atoms with Crippen molar-refractivity contribution in [2.45, 2.75) is 12.5 Å². The molecule has 0 atom stereocenters. The average molecular weight is 253 g/mol. The Bertz CT molecular complexity index is 490. The van der Waals surface area contributed by atoms with Crippen LogP contribution in [0.3, 0.4) is 0 Å². The summed E-state index contributed by atoms with van der Waals surface area (Å²) in [5.41, 5.74) is 1.15. The normalized spacial score (nSPS) is 10.2. The fourth-order valence-electron chi connectivity index (χ4n) is 1.25. The highest BCUT2D eigenvalue weighted by molar-refractivity contribution is 6.16. The summed E-state index contributed by atoms with van der Waals surface area (Å²) in [5.74, 6) is 0.362. The zero-order chi connectivity index (χ0) is 12.1. The van der Waals surface area contributed by atoms with Crippen LogP contribution in [-0.4, -0.2) is 9.97 Å². The van der Waals surface area contributed by atoms with E-state index in [0.717, 1.165) is 0 Å². The Hall–Kier alpha value is -1.68. The molecule has 1 heterocycles. The standard InChI is InChI=1S/C12H10ClFN2O/c13-5-10-6-16-12(7-15-10)17-8-9-3-1-2-4-11(9)14/h1-4,6-7H,5,8H2. The van der Waals surface area contributed by atoms with Crippen molar-refractivity contribution in [2.24, 2.45) is 0 Å². The highest BCUT2D eigenvalue weighted by Crippen LogP contribution is 2.11. The Morgan fingerprint density at radius 3 is 2.65 bits per heavy atom. The number of nitrogens with zero attached hydrogens (tertiary/aromatic N) is 2. The van der Waals surface area contributed by atoms with E-state index in [1.807, 2.05) is 0 Å². The van der Waals surface area contributed by atoms with Gasteiger partial charge < -0.3 is 4.74 Å². The largest absolute Gasteiger partial charge is 0.472 e. The molecule has 0 aliphatic carbocycles. The fraction of sp³-hybridized carbons (Fsp3) is 0.167. The minimum Gasteiger partial charge on any atom is -0.472 e. The minimum absolute atomic E-state index is 0.127. The topological polar surface area (TPSA) is 35.0 Å². The van der Waals surface area contributed by atoms with E-state index in [9.17, 15) is 4.39 Å². The van der Waals surface area contributed by atoms with Crippen LogP contribution in [0.2, 0.25) is 0 Å². The molecule has 2 aromatic rings. The van der Waals surface area contributed by atoms with Gasteiger partial charge in [-0.15, -0.1) is 11.6 Å². The zero-order valence-corrected chi connectivity index (χ0v) is 9.69. The Balaban J connectivity index is 2.00. The summed E-state index contributed by atoms with van der Waals surface area (Å²) in [6.45, 7) is 0.127. The maximum atomic E-state index is 13.3. The predicted molar refractivity (Wildman–Crippen MR) is 62.3 cm³/mol. The second-order valence-corrected chi connectivity index (χ2v) is 3.63. The SMILES string of the molecule is Fc1ccccc1COc1cnc(CCl)cn1. The van der Waals surface area contributed by atoms with Crippen molar-refractivity contribution in [1.82, 2.24) is 9.97 Å². The van der Waals surface area contributed by atoms with E-state index in [1.165, 1.54) is 18.5 Å². The van der Waals surface area contributed by atoms with Crippen LogP contribution in [-0.2, 0) is 12.5 Å². The van der Waals surface area contributed by atoms with Crippen LogP contribution in [0.4, 0.5) is 4.39 Å². The van der Waals surface area contributed by atoms with Crippen molar-refractivity contribution < 1.29 is 9.13 Å². The van der Waals surface area contributed by atoms with Crippen molar-refractivity contribution in [3.63, 3.8) is 0 Å². The Morgan fingerprint density at radius 1 is 1.18 bits per heavy atom. The maximum absolute atomic E-state index is 13.3. The molecule has 0 amide bonds. The number of aromatic nitrogens is 2. The molecule has 0 saturated heterocycles. The van der Waals surface area contributed by atoms with Gasteiger partial charge in [0.1, 0.15) is 12.4 Å². The molecular weight excluding hydrogens is 243 g/mol. The van der Waals surface area contributed by atoms with Crippen molar-refractivity contribution in [3.05, 3.63) is 53.7 Å². The number of alkyl halides is 1. The number of hydrogen-bond acceptors (Lipinski definition) is 3. The molecule has 17 heavy (non-hydrogen) atoms. The van der Waals surface area contributed by atoms with Crippen LogP contribution < -0.4 is 4.74 Å². The second kappa shape index (κ2) is 5.59. The van der Waals surface area contributed by atoms with Crippen LogP contribution in [0.5, 0.6) is 5.88 Å². The predicted octanol–water partition coefficient (Wildman–Crippen LogP) is 2.93. The van der Waals surface area contributed by atoms with Crippen molar-refractivity contribution in [3.8, 4) is 5.88 Å². The zero-order valence-electron chi connectivity index (χ0n) is 8.94. The molecule has 2 rings (SSSR count). The van der Waals surface area contributed by atoms with Crippen LogP contribution in [0, 0.1) is 5.82 Å². The van der Waals surface area contributed by atoms with Crippen molar-refractivity contribution in [2.75, 3.05) is 0 Å². The molecule has 0 unspecified atom stereocenters. The molecule has 0 saturated carbocycles. The molecular formula is C12H10ClFN2O. The molecule has 0 spiro atoms. The minimum atomic E-state index is -0.294. The summed E-state index contributed by atoms with van der Waals surface area (Å²) in [4.78, 5) is 8.02.